The van der Waals surface area contributed by atoms with Crippen molar-refractivity contribution in [2.75, 3.05) is 14.6 Å². The average Bonchev–Trinajstić information content (AvgIpc) is 1.60. The summed E-state index contributed by atoms with van der Waals surface area (Å²) in [7, 11) is 0. The van der Waals surface area contributed by atoms with Crippen LogP contribution in [0, 0.1) is 0 Å². The van der Waals surface area contributed by atoms with Gasteiger partial charge >= 0.3 is 6.85 Å². The van der Waals surface area contributed by atoms with E-state index in [9.17, 15) is 0 Å². The fraction of sp³-hybridized carbons (Fsp3) is 0.286. The van der Waals surface area contributed by atoms with E-state index in [1.807, 2.05) is 0 Å². The molecule has 11 aromatic rings. The van der Waals surface area contributed by atoms with Crippen molar-refractivity contribution >= 4 is 85.2 Å². The molecule has 3 heterocycles. The van der Waals surface area contributed by atoms with Crippen molar-refractivity contribution in [3.8, 4) is 33.4 Å². The summed E-state index contributed by atoms with van der Waals surface area (Å²) >= 11 is 0. The number of anilines is 8. The normalized spacial score (nSPS) is 14.4. The van der Waals surface area contributed by atoms with Crippen LogP contribution in [0.1, 0.15) is 153 Å². The van der Waals surface area contributed by atoms with Crippen LogP contribution in [0.5, 0.6) is 0 Å². The van der Waals surface area contributed by atoms with Gasteiger partial charge in [-0.1, -0.05) is 190 Å². The highest BCUT2D eigenvalue weighted by Crippen LogP contribution is 2.55. The molecule has 446 valence electrons. The first kappa shape index (κ1) is 58.2. The van der Waals surface area contributed by atoms with E-state index in [4.69, 9.17) is 4.42 Å². The van der Waals surface area contributed by atoms with E-state index in [1.54, 1.807) is 0 Å². The molecule has 2 aliphatic heterocycles. The number of benzene rings is 10. The molecule has 89 heavy (non-hydrogen) atoms. The zero-order valence-corrected chi connectivity index (χ0v) is 53.9. The Morgan fingerprint density at radius 1 is 0.427 bits per heavy atom. The number of fused-ring (bicyclic) bond motifs is 9. The van der Waals surface area contributed by atoms with E-state index in [0.717, 1.165) is 104 Å². The summed E-state index contributed by atoms with van der Waals surface area (Å²) in [5, 5.41) is 2.37. The van der Waals surface area contributed by atoms with Gasteiger partial charge in [0.25, 0.3) is 0 Å². The molecule has 0 saturated carbocycles. The number of rotatable bonds is 19. The van der Waals surface area contributed by atoms with Crippen LogP contribution in [0.3, 0.4) is 0 Å². The highest BCUT2D eigenvalue weighted by Gasteiger charge is 2.47. The molecule has 0 radical (unpaired) electrons. The summed E-state index contributed by atoms with van der Waals surface area (Å²) in [5.74, 6) is 0. The minimum Gasteiger partial charge on any atom is -0.456 e. The van der Waals surface area contributed by atoms with E-state index >= 15 is 0 Å². The molecular formula is C84H86BN3O. The monoisotopic (exact) mass is 1160 g/mol. The van der Waals surface area contributed by atoms with Crippen LogP contribution in [-0.4, -0.2) is 6.85 Å². The van der Waals surface area contributed by atoms with Crippen LogP contribution >= 0.6 is 0 Å². The number of hydrogen-bond acceptors (Lipinski definition) is 4. The summed E-state index contributed by atoms with van der Waals surface area (Å²) in [5.41, 5.74) is 29.4. The van der Waals surface area contributed by atoms with E-state index in [2.05, 4.69) is 276 Å². The fourth-order valence-electron chi connectivity index (χ4n) is 15.0. The molecule has 14 rings (SSSR count). The Hall–Kier alpha value is -8.54. The summed E-state index contributed by atoms with van der Waals surface area (Å²) in [4.78, 5) is 7.92. The van der Waals surface area contributed by atoms with Crippen LogP contribution in [0.2, 0.25) is 0 Å². The van der Waals surface area contributed by atoms with E-state index in [1.165, 1.54) is 131 Å². The topological polar surface area (TPSA) is 22.9 Å². The second-order valence-corrected chi connectivity index (χ2v) is 27.2. The Labute approximate surface area is 530 Å². The van der Waals surface area contributed by atoms with E-state index < -0.39 is 0 Å². The van der Waals surface area contributed by atoms with E-state index in [0.29, 0.717) is 0 Å². The van der Waals surface area contributed by atoms with Gasteiger partial charge in [-0.05, 0) is 239 Å². The standard InChI is InChI=1S/C84H86BN3O/c1-9-13-23-57-31-38-64(39-32-57)86(65-40-33-58(34-41-65)24-14-10-2)67-44-46-74-76(54-67)87(75-47-37-60(26-16-12-4)51-69(75)62-29-21-18-22-30-62)77-53-63(61-27-19-17-20-28-61)52-70-68-45-48-78-80(71-55-72-73(56-79(71)89-78)84(7,8)50-49-83(72,5)6)82(68)88(85(74)81(70)77)66-42-35-59(36-43-66)25-15-11-3/h17-22,27-48,51-56H,9-16,23-26,49-50H2,1-8H3. The Kier molecular flexibility index (Phi) is 15.8. The zero-order chi connectivity index (χ0) is 61.0. The third-order valence-electron chi connectivity index (χ3n) is 20.2. The molecule has 0 amide bonds. The summed E-state index contributed by atoms with van der Waals surface area (Å²) < 4.78 is 7.25. The van der Waals surface area contributed by atoms with Gasteiger partial charge in [-0.3, -0.25) is 0 Å². The largest absolute Gasteiger partial charge is 0.456 e. The number of unbranched alkanes of at least 4 members (excludes halogenated alkanes) is 4. The summed E-state index contributed by atoms with van der Waals surface area (Å²) in [6.07, 6.45) is 15.8. The lowest BCUT2D eigenvalue weighted by Crippen LogP contribution is -2.61. The molecular weight excluding hydrogens is 1080 g/mol. The van der Waals surface area contributed by atoms with Crippen LogP contribution in [0.15, 0.2) is 211 Å². The Morgan fingerprint density at radius 3 is 1.56 bits per heavy atom. The molecule has 0 saturated heterocycles. The summed E-state index contributed by atoms with van der Waals surface area (Å²) in [6.45, 7) is 18.7. The predicted molar refractivity (Wildman–Crippen MR) is 383 cm³/mol. The second kappa shape index (κ2) is 24.1. The molecule has 0 spiro atoms. The molecule has 10 aromatic carbocycles. The predicted octanol–water partition coefficient (Wildman–Crippen LogP) is 22.8. The zero-order valence-electron chi connectivity index (χ0n) is 53.9. The first-order valence-corrected chi connectivity index (χ1v) is 33.7. The first-order valence-electron chi connectivity index (χ1n) is 33.7. The van der Waals surface area contributed by atoms with Crippen molar-refractivity contribution in [1.29, 1.82) is 0 Å². The Morgan fingerprint density at radius 2 is 0.966 bits per heavy atom. The molecule has 5 heteroatoms. The molecule has 3 aliphatic rings. The number of hydrogen-bond donors (Lipinski definition) is 0. The minimum atomic E-state index is -0.240. The SMILES string of the molecule is CCCCc1ccc(N2B3c4ccc(N(c5ccc(CCCC)cc5)c5ccc(CCCC)cc5)cc4N(c4ccc(CCCC)cc4-c4ccccc4)c4cc(-c5ccccc5)cc(c43)-c3ccc4oc5cc6c(cc5c4c32)C(C)(C)CCC6(C)C)cc1. The van der Waals surface area contributed by atoms with Crippen molar-refractivity contribution in [3.63, 3.8) is 0 Å². The third-order valence-corrected chi connectivity index (χ3v) is 20.2. The molecule has 4 nitrogen and oxygen atoms in total. The Bertz CT molecular complexity index is 4320. The minimum absolute atomic E-state index is 0.00984. The average molecular weight is 1160 g/mol. The van der Waals surface area contributed by atoms with Crippen molar-refractivity contribution < 1.29 is 4.42 Å². The van der Waals surface area contributed by atoms with Gasteiger partial charge in [-0.15, -0.1) is 0 Å². The smallest absolute Gasteiger partial charge is 0.333 e. The maximum Gasteiger partial charge on any atom is 0.333 e. The highest BCUT2D eigenvalue weighted by molar-refractivity contribution is 6.94. The number of nitrogens with zero attached hydrogens (tertiary/aromatic N) is 3. The summed E-state index contributed by atoms with van der Waals surface area (Å²) in [6, 6.07) is 80.3. The van der Waals surface area contributed by atoms with Crippen molar-refractivity contribution in [3.05, 3.63) is 240 Å². The third kappa shape index (κ3) is 10.7. The quantitative estimate of drug-likeness (QED) is 0.0753. The van der Waals surface area contributed by atoms with Gasteiger partial charge in [-0.25, -0.2) is 0 Å². The van der Waals surface area contributed by atoms with E-state index in [-0.39, 0.29) is 17.7 Å². The Balaban J connectivity index is 1.10. The van der Waals surface area contributed by atoms with Gasteiger partial charge in [-0.2, -0.15) is 0 Å². The van der Waals surface area contributed by atoms with Crippen molar-refractivity contribution in [2.24, 2.45) is 0 Å². The van der Waals surface area contributed by atoms with Gasteiger partial charge in [0.15, 0.2) is 0 Å². The van der Waals surface area contributed by atoms with Crippen molar-refractivity contribution in [1.82, 2.24) is 0 Å². The number of furan rings is 1. The van der Waals surface area contributed by atoms with Crippen molar-refractivity contribution in [2.45, 2.75) is 156 Å². The molecule has 0 fully saturated rings. The van der Waals surface area contributed by atoms with Gasteiger partial charge in [0.05, 0.1) is 11.1 Å². The van der Waals surface area contributed by atoms with Crippen LogP contribution in [0.4, 0.5) is 45.5 Å². The van der Waals surface area contributed by atoms with Gasteiger partial charge < -0.3 is 19.0 Å². The molecule has 0 bridgehead atoms. The molecule has 0 atom stereocenters. The maximum absolute atomic E-state index is 7.25. The first-order chi connectivity index (χ1) is 43.4. The molecule has 0 N–H and O–H groups in total. The maximum atomic E-state index is 7.25. The number of aryl methyl sites for hydroxylation is 4. The lowest BCUT2D eigenvalue weighted by atomic mass is 9.43. The molecule has 1 aromatic heterocycles. The molecule has 0 unspecified atom stereocenters. The van der Waals surface area contributed by atoms with Crippen LogP contribution in [0.25, 0.3) is 55.3 Å². The lowest BCUT2D eigenvalue weighted by Gasteiger charge is -2.46. The van der Waals surface area contributed by atoms with Crippen LogP contribution in [-0.2, 0) is 36.5 Å². The van der Waals surface area contributed by atoms with Crippen LogP contribution < -0.4 is 25.5 Å². The highest BCUT2D eigenvalue weighted by atomic mass is 16.3. The van der Waals surface area contributed by atoms with Gasteiger partial charge in [0.1, 0.15) is 11.2 Å². The lowest BCUT2D eigenvalue weighted by molar-refractivity contribution is 0.332. The fourth-order valence-corrected chi connectivity index (χ4v) is 15.0. The van der Waals surface area contributed by atoms with Gasteiger partial charge in [0.2, 0.25) is 0 Å². The second-order valence-electron chi connectivity index (χ2n) is 27.2. The van der Waals surface area contributed by atoms with Gasteiger partial charge in [0, 0.05) is 56.3 Å². The molecule has 1 aliphatic carbocycles.